The van der Waals surface area contributed by atoms with Gasteiger partial charge in [-0.2, -0.15) is 0 Å². The van der Waals surface area contributed by atoms with E-state index in [1.54, 1.807) is 30.3 Å². The van der Waals surface area contributed by atoms with Crippen LogP contribution in [0.2, 0.25) is 0 Å². The monoisotopic (exact) mass is 424 g/mol. The lowest BCUT2D eigenvalue weighted by Gasteiger charge is -2.13. The zero-order valence-electron chi connectivity index (χ0n) is 16.7. The molecule has 154 valence electrons. The maximum Gasteiger partial charge on any atom is 0.308 e. The van der Waals surface area contributed by atoms with E-state index in [1.807, 2.05) is 32.0 Å². The maximum absolute atomic E-state index is 12.6. The number of amides is 3. The minimum Gasteiger partial charge on any atom is -0.427 e. The number of rotatable bonds is 5. The highest BCUT2D eigenvalue weighted by Crippen LogP contribution is 2.32. The van der Waals surface area contributed by atoms with Crippen molar-refractivity contribution in [1.82, 2.24) is 4.90 Å². The summed E-state index contributed by atoms with van der Waals surface area (Å²) in [6.07, 6.45) is 1.56. The fraction of sp³-hybridized carbons (Fsp3) is 0.182. The summed E-state index contributed by atoms with van der Waals surface area (Å²) < 4.78 is 4.96. The number of anilines is 1. The zero-order chi connectivity index (χ0) is 21.8. The molecule has 8 heteroatoms. The zero-order valence-corrected chi connectivity index (χ0v) is 17.5. The van der Waals surface area contributed by atoms with E-state index in [2.05, 4.69) is 5.32 Å². The second-order valence-corrected chi connectivity index (χ2v) is 7.85. The van der Waals surface area contributed by atoms with Gasteiger partial charge in [-0.3, -0.25) is 24.1 Å². The molecule has 1 fully saturated rings. The van der Waals surface area contributed by atoms with Crippen molar-refractivity contribution in [3.8, 4) is 5.75 Å². The van der Waals surface area contributed by atoms with Crippen LogP contribution in [0.5, 0.6) is 5.75 Å². The van der Waals surface area contributed by atoms with Crippen LogP contribution >= 0.6 is 11.8 Å². The summed E-state index contributed by atoms with van der Waals surface area (Å²) >= 11 is 0.778. The molecule has 0 saturated carbocycles. The normalized spacial score (nSPS) is 14.9. The average molecular weight is 424 g/mol. The Morgan fingerprint density at radius 1 is 1.07 bits per heavy atom. The molecule has 0 radical (unpaired) electrons. The highest BCUT2D eigenvalue weighted by Gasteiger charge is 2.36. The van der Waals surface area contributed by atoms with Crippen LogP contribution < -0.4 is 10.1 Å². The van der Waals surface area contributed by atoms with E-state index in [9.17, 15) is 19.2 Å². The van der Waals surface area contributed by atoms with E-state index in [1.165, 1.54) is 6.92 Å². The van der Waals surface area contributed by atoms with E-state index in [0.717, 1.165) is 27.8 Å². The lowest BCUT2D eigenvalue weighted by molar-refractivity contribution is -0.131. The number of thioether (sulfide) groups is 1. The molecule has 0 aromatic heterocycles. The molecule has 1 aliphatic heterocycles. The van der Waals surface area contributed by atoms with Crippen LogP contribution in [-0.2, 0) is 14.4 Å². The van der Waals surface area contributed by atoms with Gasteiger partial charge in [-0.05, 0) is 72.6 Å². The first-order chi connectivity index (χ1) is 14.2. The maximum atomic E-state index is 12.6. The summed E-state index contributed by atoms with van der Waals surface area (Å²) in [6.45, 7) is 4.78. The summed E-state index contributed by atoms with van der Waals surface area (Å²) in [4.78, 5) is 49.3. The molecule has 1 aliphatic rings. The van der Waals surface area contributed by atoms with Crippen molar-refractivity contribution in [2.75, 3.05) is 11.9 Å². The molecule has 7 nitrogen and oxygen atoms in total. The van der Waals surface area contributed by atoms with Crippen LogP contribution in [-0.4, -0.2) is 34.5 Å². The highest BCUT2D eigenvalue weighted by molar-refractivity contribution is 8.18. The predicted molar refractivity (Wildman–Crippen MR) is 115 cm³/mol. The van der Waals surface area contributed by atoms with E-state index in [4.69, 9.17) is 4.74 Å². The van der Waals surface area contributed by atoms with Crippen LogP contribution in [0.4, 0.5) is 10.5 Å². The summed E-state index contributed by atoms with van der Waals surface area (Å²) in [5.41, 5.74) is 3.28. The molecule has 1 N–H and O–H groups in total. The van der Waals surface area contributed by atoms with Gasteiger partial charge in [0.25, 0.3) is 11.1 Å². The standard InChI is InChI=1S/C22H20N2O5S/c1-13-8-14(2)10-17(9-13)23-20(26)12-24-21(27)19(30-22(24)28)11-16-4-6-18(7-5-16)29-15(3)25/h4-11H,12H2,1-3H3,(H,23,26)/b19-11+. The largest absolute Gasteiger partial charge is 0.427 e. The number of hydrogen-bond donors (Lipinski definition) is 1. The summed E-state index contributed by atoms with van der Waals surface area (Å²) in [5, 5.41) is 2.22. The van der Waals surface area contributed by atoms with Gasteiger partial charge in [-0.1, -0.05) is 18.2 Å². The van der Waals surface area contributed by atoms with E-state index in [0.29, 0.717) is 17.0 Å². The number of benzene rings is 2. The van der Waals surface area contributed by atoms with E-state index >= 15 is 0 Å². The Bertz CT molecular complexity index is 1040. The molecule has 2 aromatic carbocycles. The van der Waals surface area contributed by atoms with Gasteiger partial charge in [0.2, 0.25) is 5.91 Å². The second kappa shape index (κ2) is 8.96. The predicted octanol–water partition coefficient (Wildman–Crippen LogP) is 3.90. The SMILES string of the molecule is CC(=O)Oc1ccc(/C=C2/SC(=O)N(CC(=O)Nc3cc(C)cc(C)c3)C2=O)cc1. The quantitative estimate of drug-likeness (QED) is 0.445. The van der Waals surface area contributed by atoms with Gasteiger partial charge >= 0.3 is 5.97 Å². The molecule has 0 atom stereocenters. The van der Waals surface area contributed by atoms with Crippen LogP contribution in [0.25, 0.3) is 6.08 Å². The number of hydrogen-bond acceptors (Lipinski definition) is 6. The third-order valence-electron chi connectivity index (χ3n) is 4.12. The highest BCUT2D eigenvalue weighted by atomic mass is 32.2. The van der Waals surface area contributed by atoms with Gasteiger partial charge in [0, 0.05) is 12.6 Å². The molecule has 1 saturated heterocycles. The van der Waals surface area contributed by atoms with Gasteiger partial charge in [0.05, 0.1) is 4.91 Å². The molecule has 0 bridgehead atoms. The van der Waals surface area contributed by atoms with Crippen LogP contribution in [0.3, 0.4) is 0 Å². The number of ether oxygens (including phenoxy) is 1. The molecule has 0 spiro atoms. The van der Waals surface area contributed by atoms with Gasteiger partial charge in [0.1, 0.15) is 12.3 Å². The summed E-state index contributed by atoms with van der Waals surface area (Å²) in [6, 6.07) is 12.1. The minimum absolute atomic E-state index is 0.222. The van der Waals surface area contributed by atoms with Crippen LogP contribution in [0, 0.1) is 13.8 Å². The van der Waals surface area contributed by atoms with Crippen molar-refractivity contribution < 1.29 is 23.9 Å². The Labute approximate surface area is 178 Å². The van der Waals surface area contributed by atoms with Crippen molar-refractivity contribution in [1.29, 1.82) is 0 Å². The Balaban J connectivity index is 1.67. The third-order valence-corrected chi connectivity index (χ3v) is 5.03. The molecular formula is C22H20N2O5S. The molecular weight excluding hydrogens is 404 g/mol. The lowest BCUT2D eigenvalue weighted by atomic mass is 10.1. The fourth-order valence-corrected chi connectivity index (χ4v) is 3.81. The topological polar surface area (TPSA) is 92.8 Å². The molecule has 3 rings (SSSR count). The third kappa shape index (κ3) is 5.36. The first kappa shape index (κ1) is 21.3. The van der Waals surface area contributed by atoms with Crippen LogP contribution in [0.1, 0.15) is 23.6 Å². The number of aryl methyl sites for hydroxylation is 2. The fourth-order valence-electron chi connectivity index (χ4n) is 2.98. The van der Waals surface area contributed by atoms with Crippen molar-refractivity contribution >= 4 is 46.5 Å². The van der Waals surface area contributed by atoms with Gasteiger partial charge < -0.3 is 10.1 Å². The van der Waals surface area contributed by atoms with Crippen LogP contribution in [0.15, 0.2) is 47.4 Å². The number of carbonyl (C=O) groups excluding carboxylic acids is 4. The van der Waals surface area contributed by atoms with Crippen molar-refractivity contribution in [3.05, 3.63) is 64.1 Å². The van der Waals surface area contributed by atoms with Gasteiger partial charge in [-0.15, -0.1) is 0 Å². The molecule has 2 aromatic rings. The Morgan fingerprint density at radius 2 is 1.70 bits per heavy atom. The van der Waals surface area contributed by atoms with E-state index in [-0.39, 0.29) is 11.4 Å². The number of carbonyl (C=O) groups is 4. The number of imide groups is 1. The van der Waals surface area contributed by atoms with Gasteiger partial charge in [0.15, 0.2) is 0 Å². The number of nitrogens with one attached hydrogen (secondary N) is 1. The second-order valence-electron chi connectivity index (χ2n) is 6.86. The first-order valence-corrected chi connectivity index (χ1v) is 9.95. The van der Waals surface area contributed by atoms with Crippen molar-refractivity contribution in [2.45, 2.75) is 20.8 Å². The van der Waals surface area contributed by atoms with Crippen molar-refractivity contribution in [2.24, 2.45) is 0 Å². The first-order valence-electron chi connectivity index (χ1n) is 9.13. The smallest absolute Gasteiger partial charge is 0.308 e. The lowest BCUT2D eigenvalue weighted by Crippen LogP contribution is -2.36. The molecule has 3 amide bonds. The van der Waals surface area contributed by atoms with Crippen molar-refractivity contribution in [3.63, 3.8) is 0 Å². The minimum atomic E-state index is -0.523. The Morgan fingerprint density at radius 3 is 2.30 bits per heavy atom. The Kier molecular flexibility index (Phi) is 6.37. The van der Waals surface area contributed by atoms with E-state index < -0.39 is 23.0 Å². The van der Waals surface area contributed by atoms with Gasteiger partial charge in [-0.25, -0.2) is 0 Å². The number of esters is 1. The Hall–Kier alpha value is -3.39. The molecule has 0 aliphatic carbocycles. The number of nitrogens with zero attached hydrogens (tertiary/aromatic N) is 1. The molecule has 1 heterocycles. The average Bonchev–Trinajstić information content (AvgIpc) is 2.89. The summed E-state index contributed by atoms with van der Waals surface area (Å²) in [7, 11) is 0. The summed E-state index contributed by atoms with van der Waals surface area (Å²) in [5.74, 6) is -1.02. The molecule has 0 unspecified atom stereocenters. The molecule has 30 heavy (non-hydrogen) atoms.